The van der Waals surface area contributed by atoms with Crippen LogP contribution < -0.4 is 10.0 Å². The number of aromatic nitrogens is 1. The van der Waals surface area contributed by atoms with Gasteiger partial charge in [0.25, 0.3) is 10.0 Å². The first-order valence-electron chi connectivity index (χ1n) is 6.64. The number of amides is 1. The molecule has 0 bridgehead atoms. The molecule has 0 aliphatic carbocycles. The van der Waals surface area contributed by atoms with Crippen LogP contribution in [-0.2, 0) is 21.4 Å². The van der Waals surface area contributed by atoms with Crippen molar-refractivity contribution in [1.29, 1.82) is 0 Å². The molecule has 0 aliphatic heterocycles. The molecule has 0 saturated carbocycles. The summed E-state index contributed by atoms with van der Waals surface area (Å²) >= 11 is 1.17. The second-order valence-corrected chi connectivity index (χ2v) is 8.02. The molecule has 2 rings (SSSR count). The molecule has 0 spiro atoms. The average Bonchev–Trinajstić information content (AvgIpc) is 2.93. The smallest absolute Gasteiger partial charge is 0.250 e. The van der Waals surface area contributed by atoms with Crippen LogP contribution in [-0.4, -0.2) is 25.4 Å². The minimum atomic E-state index is -3.67. The lowest BCUT2D eigenvalue weighted by atomic mass is 10.2. The lowest BCUT2D eigenvalue weighted by molar-refractivity contribution is -0.122. The number of aryl methyl sites for hydroxylation is 1. The van der Waals surface area contributed by atoms with E-state index < -0.39 is 16.1 Å². The maximum absolute atomic E-state index is 12.1. The van der Waals surface area contributed by atoms with Crippen molar-refractivity contribution in [3.63, 3.8) is 0 Å². The SMILES string of the molecule is Cc1ccc(S(=O)(=O)N[C@@H](C)C(=O)NCc2cccnc2)s1. The third kappa shape index (κ3) is 4.36. The van der Waals surface area contributed by atoms with Gasteiger partial charge in [0, 0.05) is 23.8 Å². The molecule has 8 heteroatoms. The lowest BCUT2D eigenvalue weighted by Gasteiger charge is -2.13. The maximum Gasteiger partial charge on any atom is 0.250 e. The number of nitrogens with zero attached hydrogens (tertiary/aromatic N) is 1. The van der Waals surface area contributed by atoms with Gasteiger partial charge in [-0.15, -0.1) is 11.3 Å². The van der Waals surface area contributed by atoms with Gasteiger partial charge in [-0.25, -0.2) is 8.42 Å². The molecular weight excluding hydrogens is 322 g/mol. The summed E-state index contributed by atoms with van der Waals surface area (Å²) in [6.07, 6.45) is 3.29. The number of sulfonamides is 1. The first kappa shape index (κ1) is 16.6. The highest BCUT2D eigenvalue weighted by atomic mass is 32.2. The Hall–Kier alpha value is -1.77. The second-order valence-electron chi connectivity index (χ2n) is 4.79. The first-order valence-corrected chi connectivity index (χ1v) is 8.94. The van der Waals surface area contributed by atoms with Crippen molar-refractivity contribution < 1.29 is 13.2 Å². The second kappa shape index (κ2) is 6.99. The summed E-state index contributed by atoms with van der Waals surface area (Å²) in [5.41, 5.74) is 0.847. The fraction of sp³-hybridized carbons (Fsp3) is 0.286. The number of thiophene rings is 1. The number of hydrogen-bond acceptors (Lipinski definition) is 5. The van der Waals surface area contributed by atoms with Gasteiger partial charge >= 0.3 is 0 Å². The molecule has 2 N–H and O–H groups in total. The van der Waals surface area contributed by atoms with Gasteiger partial charge in [0.1, 0.15) is 4.21 Å². The average molecular weight is 339 g/mol. The number of nitrogens with one attached hydrogen (secondary N) is 2. The van der Waals surface area contributed by atoms with Crippen molar-refractivity contribution in [1.82, 2.24) is 15.0 Å². The normalized spacial score (nSPS) is 12.8. The van der Waals surface area contributed by atoms with Crippen LogP contribution in [0.25, 0.3) is 0 Å². The minimum absolute atomic E-state index is 0.205. The van der Waals surface area contributed by atoms with E-state index in [9.17, 15) is 13.2 Å². The largest absolute Gasteiger partial charge is 0.351 e. The quantitative estimate of drug-likeness (QED) is 0.833. The van der Waals surface area contributed by atoms with Gasteiger partial charge < -0.3 is 5.32 Å². The Morgan fingerprint density at radius 2 is 2.14 bits per heavy atom. The fourth-order valence-corrected chi connectivity index (χ4v) is 4.25. The van der Waals surface area contributed by atoms with E-state index in [-0.39, 0.29) is 10.1 Å². The molecule has 1 atom stereocenters. The summed E-state index contributed by atoms with van der Waals surface area (Å²) in [7, 11) is -3.67. The van der Waals surface area contributed by atoms with E-state index in [1.807, 2.05) is 13.0 Å². The van der Waals surface area contributed by atoms with Crippen molar-refractivity contribution in [2.75, 3.05) is 0 Å². The van der Waals surface area contributed by atoms with Crippen LogP contribution >= 0.6 is 11.3 Å². The lowest BCUT2D eigenvalue weighted by Crippen LogP contribution is -2.44. The number of hydrogen-bond donors (Lipinski definition) is 2. The molecule has 2 aromatic heterocycles. The number of rotatable bonds is 6. The Bertz CT molecular complexity index is 742. The van der Waals surface area contributed by atoms with Crippen LogP contribution in [0.1, 0.15) is 17.4 Å². The zero-order valence-corrected chi connectivity index (χ0v) is 13.9. The van der Waals surface area contributed by atoms with Crippen LogP contribution in [0.3, 0.4) is 0 Å². The third-order valence-corrected chi connectivity index (χ3v) is 5.93. The van der Waals surface area contributed by atoms with Crippen molar-refractivity contribution in [2.24, 2.45) is 0 Å². The summed E-state index contributed by atoms with van der Waals surface area (Å²) in [5.74, 6) is -0.388. The van der Waals surface area contributed by atoms with Crippen molar-refractivity contribution >= 4 is 27.3 Å². The van der Waals surface area contributed by atoms with Crippen LogP contribution in [0.5, 0.6) is 0 Å². The Balaban J connectivity index is 1.93. The molecule has 0 saturated heterocycles. The van der Waals surface area contributed by atoms with Gasteiger partial charge in [-0.1, -0.05) is 6.07 Å². The van der Waals surface area contributed by atoms with E-state index in [0.29, 0.717) is 6.54 Å². The molecule has 22 heavy (non-hydrogen) atoms. The molecular formula is C14H17N3O3S2. The predicted octanol–water partition coefficient (Wildman–Crippen LogP) is 1.43. The van der Waals surface area contributed by atoms with E-state index in [2.05, 4.69) is 15.0 Å². The molecule has 2 aromatic rings. The number of carbonyl (C=O) groups is 1. The number of carbonyl (C=O) groups excluding carboxylic acids is 1. The predicted molar refractivity (Wildman–Crippen MR) is 84.9 cm³/mol. The molecule has 1 amide bonds. The highest BCUT2D eigenvalue weighted by Gasteiger charge is 2.23. The molecule has 6 nitrogen and oxygen atoms in total. The molecule has 0 aliphatic rings. The van der Waals surface area contributed by atoms with E-state index in [1.54, 1.807) is 24.5 Å². The Labute approximate surface area is 133 Å². The molecule has 0 aromatic carbocycles. The van der Waals surface area contributed by atoms with Crippen molar-refractivity contribution in [3.8, 4) is 0 Å². The van der Waals surface area contributed by atoms with Crippen LogP contribution in [0.2, 0.25) is 0 Å². The van der Waals surface area contributed by atoms with E-state index in [0.717, 1.165) is 10.4 Å². The van der Waals surface area contributed by atoms with E-state index in [1.165, 1.54) is 24.3 Å². The third-order valence-electron chi connectivity index (χ3n) is 2.90. The molecule has 0 fully saturated rings. The van der Waals surface area contributed by atoms with Gasteiger partial charge in [0.05, 0.1) is 6.04 Å². The maximum atomic E-state index is 12.1. The van der Waals surface area contributed by atoms with Crippen LogP contribution in [0, 0.1) is 6.92 Å². The summed E-state index contributed by atoms with van der Waals surface area (Å²) in [6, 6.07) is 6.00. The zero-order valence-electron chi connectivity index (χ0n) is 12.2. The molecule has 118 valence electrons. The Kier molecular flexibility index (Phi) is 5.28. The highest BCUT2D eigenvalue weighted by molar-refractivity contribution is 7.91. The fourth-order valence-electron chi connectivity index (χ4n) is 1.75. The summed E-state index contributed by atoms with van der Waals surface area (Å²) < 4.78 is 26.9. The Morgan fingerprint density at radius 3 is 2.73 bits per heavy atom. The van der Waals surface area contributed by atoms with Crippen LogP contribution in [0.15, 0.2) is 40.9 Å². The van der Waals surface area contributed by atoms with Gasteiger partial charge in [0.15, 0.2) is 0 Å². The standard InChI is InChI=1S/C14H17N3O3S2/c1-10-5-6-13(21-10)22(19,20)17-11(2)14(18)16-9-12-4-3-7-15-8-12/h3-8,11,17H,9H2,1-2H3,(H,16,18)/t11-/m0/s1. The Morgan fingerprint density at radius 1 is 1.36 bits per heavy atom. The van der Waals surface area contributed by atoms with Gasteiger partial charge in [0.2, 0.25) is 5.91 Å². The van der Waals surface area contributed by atoms with Gasteiger partial charge in [-0.2, -0.15) is 4.72 Å². The highest BCUT2D eigenvalue weighted by Crippen LogP contribution is 2.20. The summed E-state index contributed by atoms with van der Waals surface area (Å²) in [5, 5.41) is 2.68. The first-order chi connectivity index (χ1) is 10.4. The van der Waals surface area contributed by atoms with Crippen LogP contribution in [0.4, 0.5) is 0 Å². The number of pyridine rings is 1. The van der Waals surface area contributed by atoms with E-state index >= 15 is 0 Å². The molecule has 2 heterocycles. The summed E-state index contributed by atoms with van der Waals surface area (Å²) in [6.45, 7) is 3.64. The molecule has 0 unspecified atom stereocenters. The van der Waals surface area contributed by atoms with E-state index in [4.69, 9.17) is 0 Å². The van der Waals surface area contributed by atoms with Gasteiger partial charge in [-0.3, -0.25) is 9.78 Å². The van der Waals surface area contributed by atoms with Crippen molar-refractivity contribution in [2.45, 2.75) is 30.6 Å². The monoisotopic (exact) mass is 339 g/mol. The summed E-state index contributed by atoms with van der Waals surface area (Å²) in [4.78, 5) is 16.8. The minimum Gasteiger partial charge on any atom is -0.351 e. The zero-order chi connectivity index (χ0) is 16.2. The topological polar surface area (TPSA) is 88.2 Å². The van der Waals surface area contributed by atoms with Gasteiger partial charge in [-0.05, 0) is 37.6 Å². The van der Waals surface area contributed by atoms with Crippen molar-refractivity contribution in [3.05, 3.63) is 47.1 Å². The molecule has 0 radical (unpaired) electrons.